The first-order valence-corrected chi connectivity index (χ1v) is 8.19. The lowest BCUT2D eigenvalue weighted by Gasteiger charge is -2.23. The number of carbonyl (C=O) groups is 2. The van der Waals surface area contributed by atoms with Gasteiger partial charge >= 0.3 is 0 Å². The highest BCUT2D eigenvalue weighted by Crippen LogP contribution is 2.29. The van der Waals surface area contributed by atoms with Crippen LogP contribution < -0.4 is 5.32 Å². The van der Waals surface area contributed by atoms with E-state index in [0.717, 1.165) is 17.9 Å². The highest BCUT2D eigenvalue weighted by molar-refractivity contribution is 8.76. The van der Waals surface area contributed by atoms with Gasteiger partial charge in [0.1, 0.15) is 12.4 Å². The molecule has 1 unspecified atom stereocenters. The smallest absolute Gasteiger partial charge is 0.252 e. The van der Waals surface area contributed by atoms with Crippen molar-refractivity contribution in [1.82, 2.24) is 10.2 Å². The van der Waals surface area contributed by atoms with Gasteiger partial charge in [0, 0.05) is 30.7 Å². The monoisotopic (exact) mass is 285 g/mol. The second-order valence-electron chi connectivity index (χ2n) is 4.00. The molecule has 7 heteroatoms. The zero-order valence-electron chi connectivity index (χ0n) is 10.1. The minimum atomic E-state index is -0.181. The first kappa shape index (κ1) is 13.5. The highest BCUT2D eigenvalue weighted by Gasteiger charge is 2.25. The van der Waals surface area contributed by atoms with E-state index in [9.17, 15) is 9.59 Å². The van der Waals surface area contributed by atoms with Crippen LogP contribution in [0.4, 0.5) is 0 Å². The Morgan fingerprint density at radius 2 is 2.39 bits per heavy atom. The van der Waals surface area contributed by atoms with Crippen LogP contribution in [-0.4, -0.2) is 53.7 Å². The second-order valence-corrected chi connectivity index (χ2v) is 6.63. The average Bonchev–Trinajstić information content (AvgIpc) is 2.72. The third-order valence-electron chi connectivity index (χ3n) is 2.72. The average molecular weight is 285 g/mol. The van der Waals surface area contributed by atoms with Gasteiger partial charge in [-0.15, -0.1) is 0 Å². The predicted molar refractivity (Wildman–Crippen MR) is 75.7 cm³/mol. The van der Waals surface area contributed by atoms with Gasteiger partial charge in [-0.05, 0) is 12.5 Å². The molecule has 2 aliphatic heterocycles. The molecule has 18 heavy (non-hydrogen) atoms. The van der Waals surface area contributed by atoms with Crippen molar-refractivity contribution in [3.05, 3.63) is 12.2 Å². The van der Waals surface area contributed by atoms with Crippen LogP contribution in [0, 0.1) is 0 Å². The molecule has 0 aromatic carbocycles. The van der Waals surface area contributed by atoms with Gasteiger partial charge in [0.25, 0.3) is 5.91 Å². The van der Waals surface area contributed by atoms with Crippen LogP contribution in [-0.2, 0) is 9.59 Å². The molecule has 0 aromatic rings. The number of nitrogens with one attached hydrogen (secondary N) is 1. The maximum atomic E-state index is 11.9. The molecule has 0 saturated carbocycles. The summed E-state index contributed by atoms with van der Waals surface area (Å²) >= 11 is 0. The van der Waals surface area contributed by atoms with E-state index >= 15 is 0 Å². The van der Waals surface area contributed by atoms with E-state index in [1.807, 2.05) is 10.8 Å². The normalized spacial score (nSPS) is 25.8. The summed E-state index contributed by atoms with van der Waals surface area (Å²) in [5.74, 6) is 2.23. The fourth-order valence-electron chi connectivity index (χ4n) is 1.79. The van der Waals surface area contributed by atoms with E-state index < -0.39 is 0 Å². The molecule has 1 atom stereocenters. The summed E-state index contributed by atoms with van der Waals surface area (Å²) in [6, 6.07) is 0.219. The van der Waals surface area contributed by atoms with Crippen LogP contribution in [0.1, 0.15) is 6.42 Å². The minimum absolute atomic E-state index is 0.0484. The van der Waals surface area contributed by atoms with E-state index in [4.69, 9.17) is 0 Å². The van der Waals surface area contributed by atoms with Crippen molar-refractivity contribution in [3.8, 4) is 0 Å². The molecule has 2 heterocycles. The van der Waals surface area contributed by atoms with E-state index in [2.05, 4.69) is 10.3 Å². The van der Waals surface area contributed by atoms with Gasteiger partial charge in [-0.2, -0.15) is 0 Å². The van der Waals surface area contributed by atoms with Crippen molar-refractivity contribution < 1.29 is 9.59 Å². The van der Waals surface area contributed by atoms with Gasteiger partial charge in [-0.3, -0.25) is 19.5 Å². The van der Waals surface area contributed by atoms with Crippen LogP contribution in [0.5, 0.6) is 0 Å². The molecule has 2 rings (SSSR count). The van der Waals surface area contributed by atoms with Crippen LogP contribution in [0.2, 0.25) is 0 Å². The van der Waals surface area contributed by atoms with Gasteiger partial charge in [0.05, 0.1) is 0 Å². The zero-order valence-corrected chi connectivity index (χ0v) is 11.7. The van der Waals surface area contributed by atoms with Gasteiger partial charge in [0.2, 0.25) is 5.91 Å². The van der Waals surface area contributed by atoms with Gasteiger partial charge in [-0.1, -0.05) is 21.6 Å². The lowest BCUT2D eigenvalue weighted by molar-refractivity contribution is -0.129. The topological polar surface area (TPSA) is 61.8 Å². The van der Waals surface area contributed by atoms with Crippen molar-refractivity contribution in [2.24, 2.45) is 4.99 Å². The number of amides is 2. The predicted octanol–water partition coefficient (Wildman–Crippen LogP) is 0.683. The summed E-state index contributed by atoms with van der Waals surface area (Å²) in [4.78, 5) is 28.8. The van der Waals surface area contributed by atoms with Crippen LogP contribution >= 0.6 is 21.6 Å². The lowest BCUT2D eigenvalue weighted by atomic mass is 10.2. The number of nitrogens with zero attached hydrogens (tertiary/aromatic N) is 2. The summed E-state index contributed by atoms with van der Waals surface area (Å²) in [6.45, 7) is 0.0484. The van der Waals surface area contributed by atoms with Crippen molar-refractivity contribution in [1.29, 1.82) is 0 Å². The number of aliphatic imine (C=N–C) groups is 1. The molecule has 98 valence electrons. The fraction of sp³-hybridized carbons (Fsp3) is 0.545. The Balaban J connectivity index is 1.85. The quantitative estimate of drug-likeness (QED) is 0.775. The third-order valence-corrected chi connectivity index (χ3v) is 5.23. The Hall–Kier alpha value is -0.950. The molecule has 0 radical (unpaired) electrons. The Kier molecular flexibility index (Phi) is 4.71. The molecule has 5 nitrogen and oxygen atoms in total. The number of hydrogen-bond acceptors (Lipinski definition) is 5. The zero-order chi connectivity index (χ0) is 13.0. The Morgan fingerprint density at radius 1 is 1.56 bits per heavy atom. The number of amidine groups is 1. The highest BCUT2D eigenvalue weighted by atomic mass is 33.1. The maximum Gasteiger partial charge on any atom is 0.252 e. The van der Waals surface area contributed by atoms with Crippen molar-refractivity contribution in [2.45, 2.75) is 12.5 Å². The Morgan fingerprint density at radius 3 is 3.06 bits per heavy atom. The fourth-order valence-corrected chi connectivity index (χ4v) is 4.22. The maximum absolute atomic E-state index is 11.9. The summed E-state index contributed by atoms with van der Waals surface area (Å²) in [6.07, 6.45) is 4.05. The van der Waals surface area contributed by atoms with Gasteiger partial charge < -0.3 is 5.32 Å². The van der Waals surface area contributed by atoms with Crippen LogP contribution in [0.25, 0.3) is 0 Å². The Bertz CT molecular complexity index is 403. The van der Waals surface area contributed by atoms with Crippen molar-refractivity contribution >= 4 is 39.2 Å². The largest absolute Gasteiger partial charge is 0.351 e. The minimum Gasteiger partial charge on any atom is -0.351 e. The van der Waals surface area contributed by atoms with Crippen molar-refractivity contribution in [2.75, 3.05) is 25.1 Å². The van der Waals surface area contributed by atoms with E-state index in [0.29, 0.717) is 5.84 Å². The molecular formula is C11H15N3O2S2. The number of rotatable bonds is 3. The first-order chi connectivity index (χ1) is 8.70. The molecule has 0 aromatic heterocycles. The summed E-state index contributed by atoms with van der Waals surface area (Å²) in [5, 5.41) is 2.96. The molecular weight excluding hydrogens is 270 g/mol. The molecule has 2 aliphatic rings. The second kappa shape index (κ2) is 6.29. The van der Waals surface area contributed by atoms with Gasteiger partial charge in [0.15, 0.2) is 0 Å². The van der Waals surface area contributed by atoms with E-state index in [1.165, 1.54) is 11.0 Å². The molecule has 1 N–H and O–H groups in total. The first-order valence-electron chi connectivity index (χ1n) is 5.71. The molecule has 2 amide bonds. The molecule has 0 spiro atoms. The summed E-state index contributed by atoms with van der Waals surface area (Å²) < 4.78 is 0. The van der Waals surface area contributed by atoms with Crippen molar-refractivity contribution in [3.63, 3.8) is 0 Å². The molecule has 1 fully saturated rings. The molecule has 1 saturated heterocycles. The van der Waals surface area contributed by atoms with Crippen LogP contribution in [0.15, 0.2) is 17.1 Å². The summed E-state index contributed by atoms with van der Waals surface area (Å²) in [7, 11) is 5.22. The number of hydrogen-bond donors (Lipinski definition) is 1. The van der Waals surface area contributed by atoms with Crippen LogP contribution in [0.3, 0.4) is 0 Å². The molecule has 0 bridgehead atoms. The SMILES string of the molecule is CN=C1C=CC(=O)N1CC(=O)NC1CCSSC1. The standard InChI is InChI=1S/C11H15N3O2S2/c1-12-9-2-3-11(16)14(9)6-10(15)13-8-4-5-17-18-7-8/h2-3,8H,4-7H2,1H3,(H,13,15). The Labute approximate surface area is 114 Å². The van der Waals surface area contributed by atoms with E-state index in [1.54, 1.807) is 23.9 Å². The van der Waals surface area contributed by atoms with E-state index in [-0.39, 0.29) is 24.4 Å². The summed E-state index contributed by atoms with van der Waals surface area (Å²) in [5.41, 5.74) is 0. The molecule has 0 aliphatic carbocycles. The third kappa shape index (κ3) is 3.29. The lowest BCUT2D eigenvalue weighted by Crippen LogP contribution is -2.45. The van der Waals surface area contributed by atoms with Gasteiger partial charge in [-0.25, -0.2) is 0 Å². The number of carbonyl (C=O) groups excluding carboxylic acids is 2.